The van der Waals surface area contributed by atoms with Gasteiger partial charge in [-0.2, -0.15) is 23.1 Å². The Balaban J connectivity index is 1.35. The van der Waals surface area contributed by atoms with Gasteiger partial charge in [-0.05, 0) is 50.0 Å². The van der Waals surface area contributed by atoms with Crippen molar-refractivity contribution in [3.8, 4) is 17.1 Å². The van der Waals surface area contributed by atoms with Gasteiger partial charge in [0.2, 0.25) is 5.91 Å². The zero-order valence-electron chi connectivity index (χ0n) is 26.5. The molecule has 2 aromatic heterocycles. The topological polar surface area (TPSA) is 101 Å². The number of carbonyl (C=O) groups excluding carboxylic acids is 1. The van der Waals surface area contributed by atoms with Crippen LogP contribution in [-0.2, 0) is 11.0 Å². The Morgan fingerprint density at radius 1 is 1.16 bits per heavy atom. The van der Waals surface area contributed by atoms with Gasteiger partial charge in [0.15, 0.2) is 10.9 Å². The largest absolute Gasteiger partial charge is 0.463 e. The normalized spacial score (nSPS) is 20.8. The first-order valence-corrected chi connectivity index (χ1v) is 16.7. The van der Waals surface area contributed by atoms with E-state index in [0.29, 0.717) is 39.0 Å². The molecule has 2 atom stereocenters. The van der Waals surface area contributed by atoms with E-state index in [9.17, 15) is 26.7 Å². The van der Waals surface area contributed by atoms with Gasteiger partial charge >= 0.3 is 12.2 Å². The number of hydrogen-bond acceptors (Lipinski definition) is 9. The SMILES string of the molecule is C=CC(=O)N1CCC(N(C)c2nc(OCC3(CN4CCC(F)C4)CC3)nc3c(F)c(-c4ccc(F)c5sc(N)nc45)c(C(F)(F)F)cc23)C1. The maximum atomic E-state index is 16.9. The molecule has 1 aliphatic carbocycles. The summed E-state index contributed by atoms with van der Waals surface area (Å²) >= 11 is 0.740. The Kier molecular flexibility index (Phi) is 8.37. The predicted octanol–water partition coefficient (Wildman–Crippen LogP) is 6.21. The van der Waals surface area contributed by atoms with E-state index < -0.39 is 40.6 Å². The summed E-state index contributed by atoms with van der Waals surface area (Å²) in [6, 6.07) is 2.17. The standard InChI is InChI=1S/C33H33F6N7O2S/c1-3-23(47)46-11-7-18(14-46)44(2)29-20-12-21(33(37,38)39)24(19-4-5-22(35)28-27(19)41-30(40)49-28)25(36)26(20)42-31(43-29)48-16-32(8-9-32)15-45-10-6-17(34)13-45/h3-5,12,17-18H,1,6-11,13-16H2,2H3,(H2,40,41). The van der Waals surface area contributed by atoms with Crippen molar-refractivity contribution in [1.82, 2.24) is 24.8 Å². The summed E-state index contributed by atoms with van der Waals surface area (Å²) in [6.45, 7) is 5.87. The van der Waals surface area contributed by atoms with Crippen molar-refractivity contribution in [2.75, 3.05) is 57.0 Å². The average molecular weight is 706 g/mol. The molecule has 4 heterocycles. The van der Waals surface area contributed by atoms with Crippen LogP contribution < -0.4 is 15.4 Å². The summed E-state index contributed by atoms with van der Waals surface area (Å²) in [7, 11) is 1.61. The molecule has 0 radical (unpaired) electrons. The number of halogens is 6. The Morgan fingerprint density at radius 2 is 1.94 bits per heavy atom. The minimum atomic E-state index is -5.05. The lowest BCUT2D eigenvalue weighted by molar-refractivity contribution is -0.137. The number of likely N-dealkylation sites (N-methyl/N-ethyl adjacent to an activating group) is 1. The van der Waals surface area contributed by atoms with Crippen molar-refractivity contribution >= 4 is 49.3 Å². The lowest BCUT2D eigenvalue weighted by atomic mass is 9.95. The second-order valence-corrected chi connectivity index (χ2v) is 14.1. The van der Waals surface area contributed by atoms with E-state index in [1.54, 1.807) is 16.8 Å². The van der Waals surface area contributed by atoms with Gasteiger partial charge in [0.25, 0.3) is 0 Å². The quantitative estimate of drug-likeness (QED) is 0.162. The third-order valence-corrected chi connectivity index (χ3v) is 10.6. The van der Waals surface area contributed by atoms with Gasteiger partial charge in [0.1, 0.15) is 23.3 Å². The first-order chi connectivity index (χ1) is 23.3. The number of ether oxygens (including phenoxy) is 1. The number of anilines is 2. The number of benzene rings is 2. The first kappa shape index (κ1) is 33.3. The fourth-order valence-corrected chi connectivity index (χ4v) is 7.68. The summed E-state index contributed by atoms with van der Waals surface area (Å²) in [5.41, 5.74) is 2.39. The molecular weight excluding hydrogens is 672 g/mol. The van der Waals surface area contributed by atoms with E-state index in [2.05, 4.69) is 21.5 Å². The number of thiazole rings is 1. The maximum Gasteiger partial charge on any atom is 0.417 e. The molecule has 49 heavy (non-hydrogen) atoms. The minimum Gasteiger partial charge on any atom is -0.463 e. The van der Waals surface area contributed by atoms with Crippen molar-refractivity contribution in [2.24, 2.45) is 5.41 Å². The highest BCUT2D eigenvalue weighted by Gasteiger charge is 2.46. The molecule has 7 rings (SSSR count). The number of fused-ring (bicyclic) bond motifs is 2. The van der Waals surface area contributed by atoms with E-state index in [1.807, 2.05) is 4.90 Å². The van der Waals surface area contributed by atoms with Crippen molar-refractivity contribution in [3.05, 3.63) is 48.1 Å². The van der Waals surface area contributed by atoms with Crippen LogP contribution in [0.1, 0.15) is 31.2 Å². The Bertz CT molecular complexity index is 1970. The van der Waals surface area contributed by atoms with E-state index in [4.69, 9.17) is 10.5 Å². The number of nitrogens with two attached hydrogens (primary N) is 1. The van der Waals surface area contributed by atoms with Crippen molar-refractivity contribution in [3.63, 3.8) is 0 Å². The van der Waals surface area contributed by atoms with Crippen LogP contribution >= 0.6 is 11.3 Å². The molecule has 0 spiro atoms. The molecule has 0 bridgehead atoms. The fourth-order valence-electron chi connectivity index (χ4n) is 6.91. The van der Waals surface area contributed by atoms with Gasteiger partial charge < -0.3 is 20.3 Å². The van der Waals surface area contributed by atoms with E-state index in [-0.39, 0.29) is 68.6 Å². The molecule has 3 aliphatic rings. The van der Waals surface area contributed by atoms with Gasteiger partial charge in [0.05, 0.1) is 22.4 Å². The van der Waals surface area contributed by atoms with E-state index >= 15 is 4.39 Å². The second kappa shape index (κ2) is 12.3. The van der Waals surface area contributed by atoms with Crippen LogP contribution in [0.3, 0.4) is 0 Å². The number of rotatable bonds is 9. The second-order valence-electron chi connectivity index (χ2n) is 13.1. The highest BCUT2D eigenvalue weighted by molar-refractivity contribution is 7.22. The van der Waals surface area contributed by atoms with Crippen LogP contribution in [0.2, 0.25) is 0 Å². The van der Waals surface area contributed by atoms with Crippen molar-refractivity contribution in [1.29, 1.82) is 0 Å². The third kappa shape index (κ3) is 6.24. The van der Waals surface area contributed by atoms with Crippen molar-refractivity contribution < 1.29 is 35.9 Å². The van der Waals surface area contributed by atoms with Crippen LogP contribution in [0.15, 0.2) is 30.9 Å². The lowest BCUT2D eigenvalue weighted by Gasteiger charge is -2.28. The summed E-state index contributed by atoms with van der Waals surface area (Å²) in [6.07, 6.45) is -2.17. The molecule has 4 aromatic rings. The Hall–Kier alpha value is -4.18. The Labute approximate surface area is 281 Å². The number of amides is 1. The highest BCUT2D eigenvalue weighted by Crippen LogP contribution is 2.48. The van der Waals surface area contributed by atoms with Crippen LogP contribution in [0, 0.1) is 17.0 Å². The van der Waals surface area contributed by atoms with Gasteiger partial charge in [-0.15, -0.1) is 0 Å². The smallest absolute Gasteiger partial charge is 0.417 e. The molecule has 1 saturated carbocycles. The van der Waals surface area contributed by atoms with Crippen LogP contribution in [-0.4, -0.2) is 89.3 Å². The number of aromatic nitrogens is 3. The number of alkyl halides is 4. The number of nitrogen functional groups attached to an aromatic ring is 1. The average Bonchev–Trinajstić information content (AvgIpc) is 3.37. The predicted molar refractivity (Wildman–Crippen MR) is 174 cm³/mol. The van der Waals surface area contributed by atoms with E-state index in [1.165, 1.54) is 6.08 Å². The molecule has 2 aromatic carbocycles. The molecule has 9 nitrogen and oxygen atoms in total. The molecule has 2 saturated heterocycles. The van der Waals surface area contributed by atoms with Gasteiger partial charge in [-0.3, -0.25) is 9.69 Å². The van der Waals surface area contributed by atoms with Crippen molar-refractivity contribution in [2.45, 2.75) is 44.1 Å². The number of hydrogen-bond donors (Lipinski definition) is 1. The molecule has 3 fully saturated rings. The number of likely N-dealkylation sites (tertiary alicyclic amines) is 2. The number of carbonyl (C=O) groups is 1. The summed E-state index contributed by atoms with van der Waals surface area (Å²) < 4.78 is 95.8. The monoisotopic (exact) mass is 705 g/mol. The molecule has 2 N–H and O–H groups in total. The summed E-state index contributed by atoms with van der Waals surface area (Å²) in [5.74, 6) is -2.37. The first-order valence-electron chi connectivity index (χ1n) is 15.9. The maximum absolute atomic E-state index is 16.9. The fraction of sp³-hybridized carbons (Fsp3) is 0.455. The van der Waals surface area contributed by atoms with Crippen LogP contribution in [0.25, 0.3) is 32.2 Å². The summed E-state index contributed by atoms with van der Waals surface area (Å²) in [4.78, 5) is 30.4. The zero-order valence-corrected chi connectivity index (χ0v) is 27.3. The molecule has 260 valence electrons. The molecule has 2 unspecified atom stereocenters. The zero-order chi connectivity index (χ0) is 34.8. The molecule has 1 amide bonds. The van der Waals surface area contributed by atoms with Crippen LogP contribution in [0.4, 0.5) is 37.3 Å². The lowest BCUT2D eigenvalue weighted by Crippen LogP contribution is -2.36. The minimum absolute atomic E-state index is 0.0133. The summed E-state index contributed by atoms with van der Waals surface area (Å²) in [5, 5.41) is -0.316. The highest BCUT2D eigenvalue weighted by atomic mass is 32.1. The van der Waals surface area contributed by atoms with Gasteiger partial charge in [-0.1, -0.05) is 17.9 Å². The Morgan fingerprint density at radius 3 is 2.61 bits per heavy atom. The molecule has 16 heteroatoms. The van der Waals surface area contributed by atoms with Gasteiger partial charge in [0, 0.05) is 67.7 Å². The number of nitrogens with zero attached hydrogens (tertiary/aromatic N) is 6. The molecule has 2 aliphatic heterocycles. The molecular formula is C33H33F6N7O2S. The van der Waals surface area contributed by atoms with Gasteiger partial charge in [-0.25, -0.2) is 18.2 Å². The van der Waals surface area contributed by atoms with Crippen LogP contribution in [0.5, 0.6) is 6.01 Å². The van der Waals surface area contributed by atoms with E-state index in [0.717, 1.165) is 42.4 Å². The third-order valence-electron chi connectivity index (χ3n) is 9.75.